The Morgan fingerprint density at radius 3 is 2.55 bits per heavy atom. The van der Waals surface area contributed by atoms with Gasteiger partial charge in [0.05, 0.1) is 0 Å². The summed E-state index contributed by atoms with van der Waals surface area (Å²) >= 11 is 0. The van der Waals surface area contributed by atoms with Crippen molar-refractivity contribution in [1.82, 2.24) is 25.2 Å². The minimum absolute atomic E-state index is 0.189. The van der Waals surface area contributed by atoms with Crippen molar-refractivity contribution in [3.8, 4) is 0 Å². The van der Waals surface area contributed by atoms with Crippen LogP contribution < -0.4 is 10.8 Å². The highest BCUT2D eigenvalue weighted by Gasteiger charge is 2.37. The van der Waals surface area contributed by atoms with Crippen LogP contribution in [0, 0.1) is 5.92 Å². The van der Waals surface area contributed by atoms with Crippen molar-refractivity contribution in [2.45, 2.75) is 51.0 Å². The van der Waals surface area contributed by atoms with Gasteiger partial charge in [-0.15, -0.1) is 0 Å². The number of nitrogens with one attached hydrogen (secondary N) is 2. The van der Waals surface area contributed by atoms with Crippen LogP contribution in [0.4, 0.5) is 10.7 Å². The number of rotatable bonds is 7. The molecule has 1 aliphatic heterocycles. The normalized spacial score (nSPS) is 19.2. The molecule has 10 nitrogen and oxygen atoms in total. The number of urea groups is 1. The molecule has 0 spiro atoms. The van der Waals surface area contributed by atoms with E-state index in [1.165, 1.54) is 35.0 Å². The van der Waals surface area contributed by atoms with Crippen LogP contribution in [0.3, 0.4) is 0 Å². The third-order valence-electron chi connectivity index (χ3n) is 5.61. The molecular formula is C19H28N6O4. The van der Waals surface area contributed by atoms with Crippen LogP contribution in [0.25, 0.3) is 0 Å². The van der Waals surface area contributed by atoms with Gasteiger partial charge in [-0.05, 0) is 31.2 Å². The third kappa shape index (κ3) is 5.63. The van der Waals surface area contributed by atoms with Gasteiger partial charge in [-0.25, -0.2) is 20.2 Å². The number of amides is 4. The van der Waals surface area contributed by atoms with Crippen LogP contribution >= 0.6 is 0 Å². The maximum absolute atomic E-state index is 13.1. The van der Waals surface area contributed by atoms with E-state index in [9.17, 15) is 14.4 Å². The monoisotopic (exact) mass is 404 g/mol. The van der Waals surface area contributed by atoms with E-state index in [1.807, 2.05) is 0 Å². The topological polar surface area (TPSA) is 128 Å². The summed E-state index contributed by atoms with van der Waals surface area (Å²) in [5.74, 6) is -0.253. The number of aromatic nitrogens is 2. The Labute approximate surface area is 169 Å². The highest BCUT2D eigenvalue weighted by Crippen LogP contribution is 2.28. The summed E-state index contributed by atoms with van der Waals surface area (Å²) in [4.78, 5) is 48.4. The molecule has 2 heterocycles. The van der Waals surface area contributed by atoms with E-state index in [2.05, 4.69) is 15.3 Å². The zero-order chi connectivity index (χ0) is 20.6. The highest BCUT2D eigenvalue weighted by atomic mass is 16.5. The number of hydrogen-bond donors (Lipinski definition) is 3. The third-order valence-corrected chi connectivity index (χ3v) is 5.61. The van der Waals surface area contributed by atoms with Crippen LogP contribution in [0.15, 0.2) is 18.5 Å². The van der Waals surface area contributed by atoms with E-state index in [0.717, 1.165) is 19.3 Å². The Morgan fingerprint density at radius 1 is 1.14 bits per heavy atom. The molecule has 2 fully saturated rings. The van der Waals surface area contributed by atoms with Crippen molar-refractivity contribution in [3.63, 3.8) is 0 Å². The fourth-order valence-electron chi connectivity index (χ4n) is 4.10. The van der Waals surface area contributed by atoms with Crippen molar-refractivity contribution in [2.24, 2.45) is 5.92 Å². The number of likely N-dealkylation sites (tertiary alicyclic amines) is 1. The van der Waals surface area contributed by atoms with E-state index < -0.39 is 11.9 Å². The predicted molar refractivity (Wildman–Crippen MR) is 104 cm³/mol. The van der Waals surface area contributed by atoms with Crippen molar-refractivity contribution < 1.29 is 19.6 Å². The average Bonchev–Trinajstić information content (AvgIpc) is 3.43. The quantitative estimate of drug-likeness (QED) is 0.465. The molecule has 1 saturated carbocycles. The van der Waals surface area contributed by atoms with Gasteiger partial charge in [-0.2, -0.15) is 0 Å². The Balaban J connectivity index is 1.65. The smallest absolute Gasteiger partial charge is 0.315 e. The van der Waals surface area contributed by atoms with Gasteiger partial charge in [-0.3, -0.25) is 20.1 Å². The molecule has 1 saturated heterocycles. The lowest BCUT2D eigenvalue weighted by Crippen LogP contribution is -2.52. The molecule has 0 aromatic carbocycles. The molecule has 2 aliphatic rings. The van der Waals surface area contributed by atoms with E-state index in [-0.39, 0.29) is 24.4 Å². The molecule has 10 heteroatoms. The molecular weight excluding hydrogens is 376 g/mol. The van der Waals surface area contributed by atoms with Gasteiger partial charge < -0.3 is 9.80 Å². The largest absolute Gasteiger partial charge is 0.321 e. The summed E-state index contributed by atoms with van der Waals surface area (Å²) in [5.41, 5.74) is 1.59. The lowest BCUT2D eigenvalue weighted by molar-refractivity contribution is -0.129. The van der Waals surface area contributed by atoms with Crippen molar-refractivity contribution in [2.75, 3.05) is 25.0 Å². The summed E-state index contributed by atoms with van der Waals surface area (Å²) in [6.07, 6.45) is 9.77. The van der Waals surface area contributed by atoms with Gasteiger partial charge in [0.25, 0.3) is 5.91 Å². The second kappa shape index (κ2) is 10.1. The molecule has 29 heavy (non-hydrogen) atoms. The summed E-state index contributed by atoms with van der Waals surface area (Å²) in [7, 11) is 0. The Bertz CT molecular complexity index is 710. The van der Waals surface area contributed by atoms with Gasteiger partial charge in [0.1, 0.15) is 12.6 Å². The first-order chi connectivity index (χ1) is 14.1. The van der Waals surface area contributed by atoms with Crippen LogP contribution in [0.2, 0.25) is 0 Å². The van der Waals surface area contributed by atoms with E-state index in [1.54, 1.807) is 11.5 Å². The summed E-state index contributed by atoms with van der Waals surface area (Å²) in [5, 5.41) is 11.5. The summed E-state index contributed by atoms with van der Waals surface area (Å²) in [6, 6.07) is 0.644. The lowest BCUT2D eigenvalue weighted by atomic mass is 10.0. The zero-order valence-electron chi connectivity index (χ0n) is 16.4. The molecule has 1 atom stereocenters. The maximum Gasteiger partial charge on any atom is 0.321 e. The number of nitrogens with zero attached hydrogens (tertiary/aromatic N) is 4. The predicted octanol–water partition coefficient (Wildman–Crippen LogP) is 1.39. The van der Waals surface area contributed by atoms with Gasteiger partial charge in [0.2, 0.25) is 11.9 Å². The molecule has 1 aliphatic carbocycles. The van der Waals surface area contributed by atoms with Crippen molar-refractivity contribution in [3.05, 3.63) is 18.5 Å². The summed E-state index contributed by atoms with van der Waals surface area (Å²) < 4.78 is 0. The Morgan fingerprint density at radius 2 is 1.86 bits per heavy atom. The fourth-order valence-corrected chi connectivity index (χ4v) is 4.10. The van der Waals surface area contributed by atoms with Gasteiger partial charge in [0.15, 0.2) is 0 Å². The zero-order valence-corrected chi connectivity index (χ0v) is 16.4. The first-order valence-electron chi connectivity index (χ1n) is 10.1. The number of hydrogen-bond acceptors (Lipinski definition) is 6. The van der Waals surface area contributed by atoms with Gasteiger partial charge >= 0.3 is 6.03 Å². The molecule has 0 unspecified atom stereocenters. The standard InChI is InChI=1S/C19H28N6O4/c26-16(23-29)13-24(12-8-14-5-1-2-6-14)19(28)25-11-3-7-15(25)17(27)22-18-20-9-4-10-21-18/h4,9-10,14-15,29H,1-3,5-8,11-13H2,(H,23,26)(H,20,21,22,27)/t15-/m0/s1. The van der Waals surface area contributed by atoms with E-state index >= 15 is 0 Å². The SMILES string of the molecule is O=C(CN(CCC1CCCC1)C(=O)N1CCC[C@H]1C(=O)Nc1ncccn1)NO. The molecule has 0 bridgehead atoms. The van der Waals surface area contributed by atoms with E-state index in [4.69, 9.17) is 5.21 Å². The fraction of sp³-hybridized carbons (Fsp3) is 0.632. The highest BCUT2D eigenvalue weighted by molar-refractivity contribution is 5.96. The Hall–Kier alpha value is -2.75. The second-order valence-corrected chi connectivity index (χ2v) is 7.59. The lowest BCUT2D eigenvalue weighted by Gasteiger charge is -2.31. The number of carbonyl (C=O) groups excluding carboxylic acids is 3. The van der Waals surface area contributed by atoms with Crippen molar-refractivity contribution in [1.29, 1.82) is 0 Å². The number of anilines is 1. The molecule has 4 amide bonds. The second-order valence-electron chi connectivity index (χ2n) is 7.59. The maximum atomic E-state index is 13.1. The number of carbonyl (C=O) groups is 3. The molecule has 1 aromatic rings. The van der Waals surface area contributed by atoms with Gasteiger partial charge in [-0.1, -0.05) is 25.7 Å². The van der Waals surface area contributed by atoms with E-state index in [0.29, 0.717) is 31.8 Å². The molecule has 0 radical (unpaired) electrons. The summed E-state index contributed by atoms with van der Waals surface area (Å²) in [6.45, 7) is 0.617. The minimum Gasteiger partial charge on any atom is -0.315 e. The number of hydroxylamine groups is 1. The van der Waals surface area contributed by atoms with Gasteiger partial charge in [0, 0.05) is 25.5 Å². The minimum atomic E-state index is -0.650. The molecule has 3 rings (SSSR count). The Kier molecular flexibility index (Phi) is 7.34. The average molecular weight is 404 g/mol. The molecule has 3 N–H and O–H groups in total. The molecule has 158 valence electrons. The van der Waals surface area contributed by atoms with Crippen LogP contribution in [0.1, 0.15) is 44.9 Å². The first kappa shape index (κ1) is 21.0. The van der Waals surface area contributed by atoms with Crippen molar-refractivity contribution >= 4 is 23.8 Å². The van der Waals surface area contributed by atoms with Crippen LogP contribution in [-0.4, -0.2) is 68.5 Å². The molecule has 1 aromatic heterocycles. The van der Waals surface area contributed by atoms with Crippen LogP contribution in [0.5, 0.6) is 0 Å². The first-order valence-corrected chi connectivity index (χ1v) is 10.1. The van der Waals surface area contributed by atoms with Crippen LogP contribution in [-0.2, 0) is 9.59 Å².